The Hall–Kier alpha value is -1.61. The van der Waals surface area contributed by atoms with Crippen molar-refractivity contribution < 1.29 is 4.79 Å². The molecule has 0 radical (unpaired) electrons. The minimum Gasteiger partial charge on any atom is -0.337 e. The molecule has 1 heterocycles. The zero-order valence-corrected chi connectivity index (χ0v) is 14.4. The van der Waals surface area contributed by atoms with Gasteiger partial charge < -0.3 is 4.90 Å². The molecule has 128 valence electrons. The van der Waals surface area contributed by atoms with Crippen molar-refractivity contribution in [3.8, 4) is 0 Å². The molecule has 1 amide bonds. The molecule has 0 bridgehead atoms. The van der Waals surface area contributed by atoms with Crippen LogP contribution in [0.2, 0.25) is 0 Å². The molecule has 3 nitrogen and oxygen atoms in total. The quantitative estimate of drug-likeness (QED) is 0.794. The maximum Gasteiger partial charge on any atom is 0.226 e. The van der Waals surface area contributed by atoms with Crippen LogP contribution < -0.4 is 0 Å². The average Bonchev–Trinajstić information content (AvgIpc) is 3.48. The Morgan fingerprint density at radius 2 is 1.88 bits per heavy atom. The van der Waals surface area contributed by atoms with Gasteiger partial charge in [-0.3, -0.25) is 9.69 Å². The highest BCUT2D eigenvalue weighted by molar-refractivity contribution is 5.79. The third kappa shape index (κ3) is 3.56. The predicted octanol–water partition coefficient (Wildman–Crippen LogP) is 3.26. The van der Waals surface area contributed by atoms with Crippen molar-refractivity contribution >= 4 is 5.91 Å². The molecule has 2 unspecified atom stereocenters. The molecule has 3 aliphatic rings. The fourth-order valence-corrected chi connectivity index (χ4v) is 4.25. The number of allylic oxidation sites excluding steroid dienone is 2. The molecule has 2 aliphatic carbocycles. The van der Waals surface area contributed by atoms with E-state index in [-0.39, 0.29) is 5.92 Å². The van der Waals surface area contributed by atoms with Gasteiger partial charge in [0.2, 0.25) is 5.91 Å². The van der Waals surface area contributed by atoms with Crippen molar-refractivity contribution in [2.24, 2.45) is 5.92 Å². The minimum atomic E-state index is 0.209. The monoisotopic (exact) mass is 324 g/mol. The Labute approximate surface area is 145 Å². The topological polar surface area (TPSA) is 23.6 Å². The van der Waals surface area contributed by atoms with Crippen LogP contribution in [-0.4, -0.2) is 47.4 Å². The second-order valence-electron chi connectivity index (χ2n) is 7.58. The lowest BCUT2D eigenvalue weighted by Gasteiger charge is -2.43. The number of amides is 1. The van der Waals surface area contributed by atoms with E-state index in [9.17, 15) is 4.79 Å². The van der Waals surface area contributed by atoms with Gasteiger partial charge in [-0.15, -0.1) is 0 Å². The van der Waals surface area contributed by atoms with E-state index in [1.54, 1.807) is 0 Å². The first-order valence-electron chi connectivity index (χ1n) is 9.55. The molecule has 1 aromatic rings. The molecule has 3 heteroatoms. The Morgan fingerprint density at radius 1 is 1.04 bits per heavy atom. The number of hydrogen-bond acceptors (Lipinski definition) is 2. The van der Waals surface area contributed by atoms with Crippen molar-refractivity contribution in [3.63, 3.8) is 0 Å². The Morgan fingerprint density at radius 3 is 2.58 bits per heavy atom. The van der Waals surface area contributed by atoms with Gasteiger partial charge >= 0.3 is 0 Å². The summed E-state index contributed by atoms with van der Waals surface area (Å²) < 4.78 is 0. The molecular formula is C21H28N2O. The van der Waals surface area contributed by atoms with Crippen LogP contribution in [0, 0.1) is 5.92 Å². The number of benzene rings is 1. The number of carbonyl (C=O) groups excluding carboxylic acids is 1. The largest absolute Gasteiger partial charge is 0.337 e. The number of nitrogens with zero attached hydrogens (tertiary/aromatic N) is 2. The second kappa shape index (κ2) is 7.10. The molecular weight excluding hydrogens is 296 g/mol. The molecule has 2 atom stereocenters. The number of piperazine rings is 1. The van der Waals surface area contributed by atoms with Crippen molar-refractivity contribution in [1.82, 2.24) is 9.80 Å². The lowest BCUT2D eigenvalue weighted by molar-refractivity contribution is -0.141. The van der Waals surface area contributed by atoms with Gasteiger partial charge in [0, 0.05) is 37.6 Å². The van der Waals surface area contributed by atoms with E-state index in [1.807, 2.05) is 0 Å². The lowest BCUT2D eigenvalue weighted by Crippen LogP contribution is -2.57. The standard InChI is InChI=1S/C21H28N2O/c24-21(18-9-5-2-6-10-18)23-14-13-22(19-11-12-19)16-20(23)15-17-7-3-1-4-8-17/h1-5,7-8,18-20H,6,9-16H2. The van der Waals surface area contributed by atoms with Crippen molar-refractivity contribution in [2.45, 2.75) is 50.6 Å². The molecule has 1 saturated carbocycles. The van der Waals surface area contributed by atoms with E-state index in [2.05, 4.69) is 52.3 Å². The minimum absolute atomic E-state index is 0.209. The van der Waals surface area contributed by atoms with E-state index >= 15 is 0 Å². The summed E-state index contributed by atoms with van der Waals surface area (Å²) >= 11 is 0. The summed E-state index contributed by atoms with van der Waals surface area (Å²) in [6, 6.07) is 11.8. The molecule has 1 aromatic carbocycles. The molecule has 2 fully saturated rings. The van der Waals surface area contributed by atoms with E-state index in [0.29, 0.717) is 11.9 Å². The van der Waals surface area contributed by atoms with Gasteiger partial charge in [0.25, 0.3) is 0 Å². The van der Waals surface area contributed by atoms with Crippen LogP contribution >= 0.6 is 0 Å². The van der Waals surface area contributed by atoms with Gasteiger partial charge in [-0.25, -0.2) is 0 Å². The first kappa shape index (κ1) is 15.9. The van der Waals surface area contributed by atoms with Crippen molar-refractivity contribution in [2.75, 3.05) is 19.6 Å². The van der Waals surface area contributed by atoms with E-state index in [4.69, 9.17) is 0 Å². The summed E-state index contributed by atoms with van der Waals surface area (Å²) in [5.41, 5.74) is 1.35. The van der Waals surface area contributed by atoms with Gasteiger partial charge in [0.05, 0.1) is 0 Å². The van der Waals surface area contributed by atoms with Crippen LogP contribution in [0.25, 0.3) is 0 Å². The van der Waals surface area contributed by atoms with Gasteiger partial charge in [-0.05, 0) is 44.1 Å². The first-order chi connectivity index (χ1) is 11.8. The molecule has 0 spiro atoms. The second-order valence-corrected chi connectivity index (χ2v) is 7.58. The fraction of sp³-hybridized carbons (Fsp3) is 0.571. The Balaban J connectivity index is 1.49. The van der Waals surface area contributed by atoms with Crippen LogP contribution in [0.3, 0.4) is 0 Å². The normalized spacial score (nSPS) is 28.1. The molecule has 1 aliphatic heterocycles. The number of rotatable bonds is 4. The zero-order chi connectivity index (χ0) is 16.4. The maximum absolute atomic E-state index is 13.1. The summed E-state index contributed by atoms with van der Waals surface area (Å²) in [6.07, 6.45) is 11.1. The third-order valence-corrected chi connectivity index (χ3v) is 5.79. The summed E-state index contributed by atoms with van der Waals surface area (Å²) in [7, 11) is 0. The predicted molar refractivity (Wildman–Crippen MR) is 96.7 cm³/mol. The highest BCUT2D eigenvalue weighted by Gasteiger charge is 2.38. The van der Waals surface area contributed by atoms with Crippen LogP contribution in [0.5, 0.6) is 0 Å². The summed E-state index contributed by atoms with van der Waals surface area (Å²) in [4.78, 5) is 18.0. The van der Waals surface area contributed by atoms with Crippen LogP contribution in [0.1, 0.15) is 37.7 Å². The maximum atomic E-state index is 13.1. The molecule has 0 aromatic heterocycles. The lowest BCUT2D eigenvalue weighted by atomic mass is 9.91. The van der Waals surface area contributed by atoms with Crippen molar-refractivity contribution in [1.29, 1.82) is 0 Å². The Kier molecular flexibility index (Phi) is 4.70. The van der Waals surface area contributed by atoms with E-state index in [1.165, 1.54) is 18.4 Å². The van der Waals surface area contributed by atoms with Crippen LogP contribution in [-0.2, 0) is 11.2 Å². The smallest absolute Gasteiger partial charge is 0.226 e. The fourth-order valence-electron chi connectivity index (χ4n) is 4.25. The van der Waals surface area contributed by atoms with Crippen molar-refractivity contribution in [3.05, 3.63) is 48.0 Å². The van der Waals surface area contributed by atoms with Gasteiger partial charge in [-0.1, -0.05) is 42.5 Å². The number of carbonyl (C=O) groups is 1. The first-order valence-corrected chi connectivity index (χ1v) is 9.55. The number of hydrogen-bond donors (Lipinski definition) is 0. The highest BCUT2D eigenvalue weighted by atomic mass is 16.2. The van der Waals surface area contributed by atoms with Gasteiger partial charge in [0.15, 0.2) is 0 Å². The van der Waals surface area contributed by atoms with Crippen LogP contribution in [0.15, 0.2) is 42.5 Å². The zero-order valence-electron chi connectivity index (χ0n) is 14.4. The molecule has 4 rings (SSSR count). The third-order valence-electron chi connectivity index (χ3n) is 5.79. The molecule has 1 saturated heterocycles. The summed E-state index contributed by atoms with van der Waals surface area (Å²) in [5, 5.41) is 0. The highest BCUT2D eigenvalue weighted by Crippen LogP contribution is 2.31. The van der Waals surface area contributed by atoms with Crippen LogP contribution in [0.4, 0.5) is 0 Å². The summed E-state index contributed by atoms with van der Waals surface area (Å²) in [5.74, 6) is 0.608. The molecule has 24 heavy (non-hydrogen) atoms. The average molecular weight is 324 g/mol. The SMILES string of the molecule is O=C(C1CC=CCC1)N1CCN(C2CC2)CC1Cc1ccccc1. The van der Waals surface area contributed by atoms with Gasteiger partial charge in [-0.2, -0.15) is 0 Å². The van der Waals surface area contributed by atoms with Gasteiger partial charge in [0.1, 0.15) is 0 Å². The molecule has 0 N–H and O–H groups in total. The Bertz CT molecular complexity index is 593. The van der Waals surface area contributed by atoms with E-state index < -0.39 is 0 Å². The summed E-state index contributed by atoms with van der Waals surface area (Å²) in [6.45, 7) is 3.02. The van der Waals surface area contributed by atoms with E-state index in [0.717, 1.165) is 51.4 Å².